The van der Waals surface area contributed by atoms with Crippen LogP contribution in [0, 0.1) is 0 Å². The Morgan fingerprint density at radius 3 is 2.63 bits per heavy atom. The van der Waals surface area contributed by atoms with Gasteiger partial charge in [-0.2, -0.15) is 18.2 Å². The molecule has 4 rings (SSSR count). The number of hydrogen-bond acceptors (Lipinski definition) is 5. The summed E-state index contributed by atoms with van der Waals surface area (Å²) in [6, 6.07) is 14.7. The van der Waals surface area contributed by atoms with Crippen LogP contribution in [0.5, 0.6) is 0 Å². The molecule has 0 radical (unpaired) electrons. The number of thioether (sulfide) groups is 1. The Kier molecular flexibility index (Phi) is 5.80. The molecule has 2 heterocycles. The maximum absolute atomic E-state index is 12.9. The monoisotopic (exact) mass is 433 g/mol. The SMILES string of the molecule is O=C(CSCc1ccccc1)N1CC(c2nc(-c3cccc(C(F)(F)F)c3)no2)C1. The summed E-state index contributed by atoms with van der Waals surface area (Å²) >= 11 is 1.56. The van der Waals surface area contributed by atoms with E-state index in [-0.39, 0.29) is 23.2 Å². The summed E-state index contributed by atoms with van der Waals surface area (Å²) < 4.78 is 43.9. The van der Waals surface area contributed by atoms with Crippen molar-refractivity contribution >= 4 is 17.7 Å². The zero-order chi connectivity index (χ0) is 21.1. The van der Waals surface area contributed by atoms with Gasteiger partial charge < -0.3 is 9.42 Å². The molecule has 1 fully saturated rings. The molecule has 0 unspecified atom stereocenters. The third kappa shape index (κ3) is 4.67. The number of carbonyl (C=O) groups is 1. The van der Waals surface area contributed by atoms with E-state index in [4.69, 9.17) is 4.52 Å². The molecule has 0 bridgehead atoms. The second-order valence-electron chi connectivity index (χ2n) is 7.01. The predicted octanol–water partition coefficient (Wildman–Crippen LogP) is 4.61. The fourth-order valence-electron chi connectivity index (χ4n) is 3.11. The lowest BCUT2D eigenvalue weighted by atomic mass is 10.0. The number of nitrogens with zero attached hydrogens (tertiary/aromatic N) is 3. The van der Waals surface area contributed by atoms with Crippen molar-refractivity contribution in [2.24, 2.45) is 0 Å². The van der Waals surface area contributed by atoms with Crippen LogP contribution in [-0.2, 0) is 16.7 Å². The highest BCUT2D eigenvalue weighted by molar-refractivity contribution is 7.99. The highest BCUT2D eigenvalue weighted by Gasteiger charge is 2.36. The number of aromatic nitrogens is 2. The van der Waals surface area contributed by atoms with E-state index in [0.717, 1.165) is 17.9 Å². The van der Waals surface area contributed by atoms with Crippen molar-refractivity contribution < 1.29 is 22.5 Å². The first-order valence-electron chi connectivity index (χ1n) is 9.31. The van der Waals surface area contributed by atoms with Crippen LogP contribution in [0.15, 0.2) is 59.1 Å². The lowest BCUT2D eigenvalue weighted by Gasteiger charge is -2.37. The van der Waals surface area contributed by atoms with Crippen LogP contribution in [-0.4, -0.2) is 39.8 Å². The van der Waals surface area contributed by atoms with E-state index in [2.05, 4.69) is 10.1 Å². The van der Waals surface area contributed by atoms with Crippen molar-refractivity contribution in [3.63, 3.8) is 0 Å². The van der Waals surface area contributed by atoms with Crippen molar-refractivity contribution in [2.75, 3.05) is 18.8 Å². The standard InChI is InChI=1S/C21H18F3N3O2S/c22-21(23,24)17-8-4-7-15(9-17)19-25-20(29-26-19)16-10-27(11-16)18(28)13-30-12-14-5-2-1-3-6-14/h1-9,16H,10-13H2. The summed E-state index contributed by atoms with van der Waals surface area (Å²) in [6.45, 7) is 0.934. The Bertz CT molecular complexity index is 1020. The molecular weight excluding hydrogens is 415 g/mol. The van der Waals surface area contributed by atoms with Gasteiger partial charge in [-0.15, -0.1) is 11.8 Å². The molecule has 156 valence electrons. The molecule has 0 atom stereocenters. The number of halogens is 3. The molecule has 1 saturated heterocycles. The summed E-state index contributed by atoms with van der Waals surface area (Å²) in [5.41, 5.74) is 0.647. The summed E-state index contributed by atoms with van der Waals surface area (Å²) in [6.07, 6.45) is -4.43. The minimum atomic E-state index is -4.43. The Balaban J connectivity index is 1.29. The average Bonchev–Trinajstić information content (AvgIpc) is 3.17. The molecule has 0 saturated carbocycles. The van der Waals surface area contributed by atoms with Crippen molar-refractivity contribution in [1.82, 2.24) is 15.0 Å². The van der Waals surface area contributed by atoms with Gasteiger partial charge in [-0.05, 0) is 17.7 Å². The third-order valence-corrected chi connectivity index (χ3v) is 5.80. The summed E-state index contributed by atoms with van der Waals surface area (Å²) in [5.74, 6) is 1.56. The fourth-order valence-corrected chi connectivity index (χ4v) is 4.00. The molecule has 1 aliphatic rings. The second kappa shape index (κ2) is 8.51. The van der Waals surface area contributed by atoms with Crippen molar-refractivity contribution in [3.05, 3.63) is 71.6 Å². The first-order chi connectivity index (χ1) is 14.4. The minimum Gasteiger partial charge on any atom is -0.340 e. The molecule has 3 aromatic rings. The zero-order valence-corrected chi connectivity index (χ0v) is 16.6. The molecule has 1 aromatic heterocycles. The smallest absolute Gasteiger partial charge is 0.340 e. The van der Waals surface area contributed by atoms with Gasteiger partial charge in [0.15, 0.2) is 0 Å². The van der Waals surface area contributed by atoms with E-state index in [1.807, 2.05) is 30.3 Å². The van der Waals surface area contributed by atoms with Crippen LogP contribution >= 0.6 is 11.8 Å². The molecule has 0 N–H and O–H groups in total. The predicted molar refractivity (Wildman–Crippen MR) is 107 cm³/mol. The Morgan fingerprint density at radius 2 is 1.90 bits per heavy atom. The molecule has 30 heavy (non-hydrogen) atoms. The molecule has 2 aromatic carbocycles. The Hall–Kier alpha value is -2.81. The lowest BCUT2D eigenvalue weighted by molar-refractivity contribution is -0.137. The van der Waals surface area contributed by atoms with Gasteiger partial charge in [-0.1, -0.05) is 47.6 Å². The summed E-state index contributed by atoms with van der Waals surface area (Å²) in [5, 5.41) is 3.80. The van der Waals surface area contributed by atoms with Crippen LogP contribution in [0.25, 0.3) is 11.4 Å². The Labute approximate surface area is 175 Å². The highest BCUT2D eigenvalue weighted by Crippen LogP contribution is 2.32. The topological polar surface area (TPSA) is 59.2 Å². The molecular formula is C21H18F3N3O2S. The van der Waals surface area contributed by atoms with Crippen LogP contribution in [0.3, 0.4) is 0 Å². The number of hydrogen-bond donors (Lipinski definition) is 0. The van der Waals surface area contributed by atoms with Gasteiger partial charge in [0.2, 0.25) is 17.6 Å². The van der Waals surface area contributed by atoms with E-state index >= 15 is 0 Å². The van der Waals surface area contributed by atoms with Gasteiger partial charge in [0.25, 0.3) is 0 Å². The normalized spacial score (nSPS) is 14.6. The van der Waals surface area contributed by atoms with Gasteiger partial charge >= 0.3 is 6.18 Å². The van der Waals surface area contributed by atoms with E-state index in [1.165, 1.54) is 17.7 Å². The number of benzene rings is 2. The maximum atomic E-state index is 12.9. The van der Waals surface area contributed by atoms with E-state index < -0.39 is 11.7 Å². The molecule has 5 nitrogen and oxygen atoms in total. The van der Waals surface area contributed by atoms with Gasteiger partial charge in [0, 0.05) is 24.4 Å². The molecule has 0 aliphatic carbocycles. The van der Waals surface area contributed by atoms with Crippen LogP contribution < -0.4 is 0 Å². The molecule has 1 amide bonds. The van der Waals surface area contributed by atoms with Gasteiger partial charge in [0.05, 0.1) is 17.2 Å². The lowest BCUT2D eigenvalue weighted by Crippen LogP contribution is -2.49. The molecule has 0 spiro atoms. The Morgan fingerprint density at radius 1 is 1.13 bits per heavy atom. The average molecular weight is 433 g/mol. The summed E-state index contributed by atoms with van der Waals surface area (Å²) in [4.78, 5) is 18.2. The van der Waals surface area contributed by atoms with Gasteiger partial charge in [0.1, 0.15) is 0 Å². The minimum absolute atomic E-state index is 0.0461. The van der Waals surface area contributed by atoms with Crippen molar-refractivity contribution in [2.45, 2.75) is 17.8 Å². The first kappa shape index (κ1) is 20.5. The molecule has 9 heteroatoms. The highest BCUT2D eigenvalue weighted by atomic mass is 32.2. The number of likely N-dealkylation sites (tertiary alicyclic amines) is 1. The van der Waals surface area contributed by atoms with Crippen LogP contribution in [0.4, 0.5) is 13.2 Å². The third-order valence-electron chi connectivity index (χ3n) is 4.81. The fraction of sp³-hybridized carbons (Fsp3) is 0.286. The van der Waals surface area contributed by atoms with Gasteiger partial charge in [-0.25, -0.2) is 0 Å². The number of rotatable bonds is 6. The van der Waals surface area contributed by atoms with E-state index in [9.17, 15) is 18.0 Å². The van der Waals surface area contributed by atoms with Crippen LogP contribution in [0.1, 0.15) is 22.9 Å². The van der Waals surface area contributed by atoms with Crippen molar-refractivity contribution in [3.8, 4) is 11.4 Å². The van der Waals surface area contributed by atoms with Crippen LogP contribution in [0.2, 0.25) is 0 Å². The molecule has 1 aliphatic heterocycles. The maximum Gasteiger partial charge on any atom is 0.416 e. The first-order valence-corrected chi connectivity index (χ1v) is 10.5. The number of amides is 1. The largest absolute Gasteiger partial charge is 0.416 e. The number of carbonyl (C=O) groups excluding carboxylic acids is 1. The second-order valence-corrected chi connectivity index (χ2v) is 7.99. The summed E-state index contributed by atoms with van der Waals surface area (Å²) in [7, 11) is 0. The van der Waals surface area contributed by atoms with Gasteiger partial charge in [-0.3, -0.25) is 4.79 Å². The van der Waals surface area contributed by atoms with E-state index in [0.29, 0.717) is 24.7 Å². The van der Waals surface area contributed by atoms with Crippen molar-refractivity contribution in [1.29, 1.82) is 0 Å². The number of alkyl halides is 3. The van der Waals surface area contributed by atoms with E-state index in [1.54, 1.807) is 16.7 Å². The zero-order valence-electron chi connectivity index (χ0n) is 15.8. The quantitative estimate of drug-likeness (QED) is 0.568.